The highest BCUT2D eigenvalue weighted by Crippen LogP contribution is 2.47. The predicted molar refractivity (Wildman–Crippen MR) is 57.3 cm³/mol. The summed E-state index contributed by atoms with van der Waals surface area (Å²) in [5.41, 5.74) is 5.97. The van der Waals surface area contributed by atoms with Gasteiger partial charge in [0.05, 0.1) is 5.56 Å². The van der Waals surface area contributed by atoms with Crippen molar-refractivity contribution in [3.05, 3.63) is 35.6 Å². The fourth-order valence-corrected chi connectivity index (χ4v) is 2.49. The van der Waals surface area contributed by atoms with Crippen molar-refractivity contribution >= 4 is 5.91 Å². The number of benzene rings is 1. The molecule has 16 heavy (non-hydrogen) atoms. The lowest BCUT2D eigenvalue weighted by Crippen LogP contribution is -2.37. The zero-order valence-corrected chi connectivity index (χ0v) is 8.82. The molecule has 0 unspecified atom stereocenters. The Morgan fingerprint density at radius 3 is 2.88 bits per heavy atom. The first-order chi connectivity index (χ1) is 7.60. The SMILES string of the molecule is N[C@@]12C[C@@H]1CN(C(=O)c1ccccc1F)C2. The molecule has 3 nitrogen and oxygen atoms in total. The molecule has 0 spiro atoms. The maximum absolute atomic E-state index is 13.4. The van der Waals surface area contributed by atoms with E-state index in [1.807, 2.05) is 0 Å². The van der Waals surface area contributed by atoms with E-state index in [0.29, 0.717) is 19.0 Å². The molecule has 0 radical (unpaired) electrons. The molecule has 84 valence electrons. The number of nitrogens with two attached hydrogens (primary N) is 1. The second-order valence-electron chi connectivity index (χ2n) is 4.80. The molecule has 1 heterocycles. The second-order valence-corrected chi connectivity index (χ2v) is 4.80. The minimum atomic E-state index is -0.459. The molecule has 1 aliphatic heterocycles. The standard InChI is InChI=1S/C12H13FN2O/c13-10-4-2-1-3-9(10)11(16)15-6-8-5-12(8,14)7-15/h1-4,8H,5-7,14H2/t8-,12-/m1/s1. The molecule has 2 N–H and O–H groups in total. The van der Waals surface area contributed by atoms with E-state index in [4.69, 9.17) is 5.73 Å². The highest BCUT2D eigenvalue weighted by Gasteiger charge is 2.58. The highest BCUT2D eigenvalue weighted by molar-refractivity contribution is 5.95. The zero-order valence-electron chi connectivity index (χ0n) is 8.82. The minimum Gasteiger partial charge on any atom is -0.336 e. The monoisotopic (exact) mass is 220 g/mol. The number of rotatable bonds is 1. The third-order valence-electron chi connectivity index (χ3n) is 3.60. The van der Waals surface area contributed by atoms with Crippen molar-refractivity contribution < 1.29 is 9.18 Å². The number of carbonyl (C=O) groups is 1. The van der Waals surface area contributed by atoms with Crippen LogP contribution < -0.4 is 5.73 Å². The first-order valence-electron chi connectivity index (χ1n) is 5.43. The van der Waals surface area contributed by atoms with Crippen molar-refractivity contribution in [1.29, 1.82) is 0 Å². The zero-order chi connectivity index (χ0) is 11.3. The maximum atomic E-state index is 13.4. The molecule has 1 aromatic carbocycles. The molecular weight excluding hydrogens is 207 g/mol. The van der Waals surface area contributed by atoms with Crippen molar-refractivity contribution in [2.75, 3.05) is 13.1 Å². The summed E-state index contributed by atoms with van der Waals surface area (Å²) >= 11 is 0. The number of piperidine rings is 1. The van der Waals surface area contributed by atoms with Gasteiger partial charge in [-0.1, -0.05) is 12.1 Å². The Bertz CT molecular complexity index is 462. The smallest absolute Gasteiger partial charge is 0.256 e. The number of hydrogen-bond donors (Lipinski definition) is 1. The van der Waals surface area contributed by atoms with Gasteiger partial charge in [0.1, 0.15) is 5.82 Å². The normalized spacial score (nSPS) is 31.4. The number of amides is 1. The number of fused-ring (bicyclic) bond motifs is 1. The summed E-state index contributed by atoms with van der Waals surface area (Å²) in [5.74, 6) is -0.280. The Morgan fingerprint density at radius 2 is 2.25 bits per heavy atom. The van der Waals surface area contributed by atoms with Crippen LogP contribution in [0.1, 0.15) is 16.8 Å². The molecule has 2 fully saturated rings. The third kappa shape index (κ3) is 1.33. The Labute approximate surface area is 93.0 Å². The van der Waals surface area contributed by atoms with Gasteiger partial charge in [-0.15, -0.1) is 0 Å². The fourth-order valence-electron chi connectivity index (χ4n) is 2.49. The highest BCUT2D eigenvalue weighted by atomic mass is 19.1. The predicted octanol–water partition coefficient (Wildman–Crippen LogP) is 0.999. The van der Waals surface area contributed by atoms with Crippen LogP contribution in [0.4, 0.5) is 4.39 Å². The van der Waals surface area contributed by atoms with E-state index in [-0.39, 0.29) is 17.0 Å². The molecule has 0 bridgehead atoms. The van der Waals surface area contributed by atoms with Gasteiger partial charge < -0.3 is 10.6 Å². The number of likely N-dealkylation sites (tertiary alicyclic amines) is 1. The van der Waals surface area contributed by atoms with Gasteiger partial charge in [-0.3, -0.25) is 4.79 Å². The van der Waals surface area contributed by atoms with Gasteiger partial charge in [0, 0.05) is 18.6 Å². The largest absolute Gasteiger partial charge is 0.336 e. The summed E-state index contributed by atoms with van der Waals surface area (Å²) in [6, 6.07) is 6.08. The van der Waals surface area contributed by atoms with Gasteiger partial charge in [0.25, 0.3) is 5.91 Å². The Hall–Kier alpha value is -1.42. The van der Waals surface area contributed by atoms with Crippen LogP contribution in [0.5, 0.6) is 0 Å². The van der Waals surface area contributed by atoms with E-state index >= 15 is 0 Å². The Balaban J connectivity index is 1.82. The van der Waals surface area contributed by atoms with Gasteiger partial charge in [-0.2, -0.15) is 0 Å². The van der Waals surface area contributed by atoms with Crippen molar-refractivity contribution in [2.45, 2.75) is 12.0 Å². The maximum Gasteiger partial charge on any atom is 0.256 e. The number of halogens is 1. The van der Waals surface area contributed by atoms with E-state index in [2.05, 4.69) is 0 Å². The lowest BCUT2D eigenvalue weighted by Gasteiger charge is -2.19. The van der Waals surface area contributed by atoms with Gasteiger partial charge in [-0.25, -0.2) is 4.39 Å². The van der Waals surface area contributed by atoms with Gasteiger partial charge in [0.2, 0.25) is 0 Å². The molecular formula is C12H13FN2O. The van der Waals surface area contributed by atoms with E-state index in [1.54, 1.807) is 17.0 Å². The summed E-state index contributed by atoms with van der Waals surface area (Å²) in [5, 5.41) is 0. The summed E-state index contributed by atoms with van der Waals surface area (Å²) in [7, 11) is 0. The first kappa shape index (κ1) is 9.78. The van der Waals surface area contributed by atoms with Crippen molar-refractivity contribution in [3.8, 4) is 0 Å². The minimum absolute atomic E-state index is 0.146. The summed E-state index contributed by atoms with van der Waals surface area (Å²) < 4.78 is 13.4. The summed E-state index contributed by atoms with van der Waals surface area (Å²) in [4.78, 5) is 13.7. The second kappa shape index (κ2) is 3.04. The topological polar surface area (TPSA) is 46.3 Å². The van der Waals surface area contributed by atoms with E-state index in [0.717, 1.165) is 6.42 Å². The van der Waals surface area contributed by atoms with Crippen molar-refractivity contribution in [3.63, 3.8) is 0 Å². The Morgan fingerprint density at radius 1 is 1.50 bits per heavy atom. The van der Waals surface area contributed by atoms with Gasteiger partial charge in [0.15, 0.2) is 0 Å². The molecule has 1 aliphatic carbocycles. The molecule has 3 rings (SSSR count). The lowest BCUT2D eigenvalue weighted by molar-refractivity contribution is 0.0768. The molecule has 0 aromatic heterocycles. The Kier molecular flexibility index (Phi) is 1.86. The average molecular weight is 220 g/mol. The van der Waals surface area contributed by atoms with Crippen LogP contribution in [0.15, 0.2) is 24.3 Å². The van der Waals surface area contributed by atoms with Crippen LogP contribution in [0.3, 0.4) is 0 Å². The molecule has 1 saturated carbocycles. The lowest BCUT2D eigenvalue weighted by atomic mass is 10.2. The van der Waals surface area contributed by atoms with Crippen LogP contribution in [0.2, 0.25) is 0 Å². The fraction of sp³-hybridized carbons (Fsp3) is 0.417. The van der Waals surface area contributed by atoms with Crippen LogP contribution in [0, 0.1) is 11.7 Å². The van der Waals surface area contributed by atoms with Crippen LogP contribution in [-0.2, 0) is 0 Å². The average Bonchev–Trinajstić information content (AvgIpc) is 2.77. The first-order valence-corrected chi connectivity index (χ1v) is 5.43. The molecule has 1 aromatic rings. The molecule has 1 amide bonds. The molecule has 2 aliphatic rings. The quantitative estimate of drug-likeness (QED) is 0.767. The number of nitrogens with zero attached hydrogens (tertiary/aromatic N) is 1. The van der Waals surface area contributed by atoms with Crippen LogP contribution in [0.25, 0.3) is 0 Å². The van der Waals surface area contributed by atoms with Gasteiger partial charge in [-0.05, 0) is 24.5 Å². The van der Waals surface area contributed by atoms with Crippen LogP contribution in [-0.4, -0.2) is 29.4 Å². The third-order valence-corrected chi connectivity index (χ3v) is 3.60. The van der Waals surface area contributed by atoms with Crippen molar-refractivity contribution in [1.82, 2.24) is 4.90 Å². The summed E-state index contributed by atoms with van der Waals surface area (Å²) in [6.45, 7) is 1.23. The van der Waals surface area contributed by atoms with E-state index in [1.165, 1.54) is 12.1 Å². The molecule has 1 saturated heterocycles. The summed E-state index contributed by atoms with van der Waals surface area (Å²) in [6.07, 6.45) is 0.994. The number of carbonyl (C=O) groups excluding carboxylic acids is 1. The van der Waals surface area contributed by atoms with Gasteiger partial charge >= 0.3 is 0 Å². The van der Waals surface area contributed by atoms with E-state index < -0.39 is 5.82 Å². The molecule has 2 atom stereocenters. The molecule has 4 heteroatoms. The number of hydrogen-bond acceptors (Lipinski definition) is 2. The van der Waals surface area contributed by atoms with E-state index in [9.17, 15) is 9.18 Å². The van der Waals surface area contributed by atoms with Crippen LogP contribution >= 0.6 is 0 Å². The van der Waals surface area contributed by atoms with Crippen molar-refractivity contribution in [2.24, 2.45) is 11.7 Å².